The second-order valence-electron chi connectivity index (χ2n) is 5.82. The zero-order chi connectivity index (χ0) is 15.9. The van der Waals surface area contributed by atoms with E-state index in [0.29, 0.717) is 12.1 Å². The zero-order valence-electron chi connectivity index (χ0n) is 13.3. The summed E-state index contributed by atoms with van der Waals surface area (Å²) in [6, 6.07) is 5.82. The second kappa shape index (κ2) is 5.33. The van der Waals surface area contributed by atoms with Gasteiger partial charge in [-0.05, 0) is 37.6 Å². The Kier molecular flexibility index (Phi) is 3.48. The van der Waals surface area contributed by atoms with Crippen LogP contribution in [0.2, 0.25) is 0 Å². The van der Waals surface area contributed by atoms with Crippen molar-refractivity contribution in [1.29, 1.82) is 0 Å². The van der Waals surface area contributed by atoms with Crippen molar-refractivity contribution in [2.75, 3.05) is 7.05 Å². The van der Waals surface area contributed by atoms with Crippen LogP contribution in [-0.2, 0) is 13.6 Å². The third-order valence-corrected chi connectivity index (χ3v) is 4.08. The highest BCUT2D eigenvalue weighted by Gasteiger charge is 2.14. The molecule has 0 bridgehead atoms. The SMILES string of the molecule is Cc1[nH]c2ccc(C(=O)N(C)Cc3cnn(C)c3)cc2c1C. The Hall–Kier alpha value is -2.56. The standard InChI is InChI=1S/C17H20N4O/c1-11-12(2)19-16-6-5-14(7-15(11)16)17(22)20(3)9-13-8-18-21(4)10-13/h5-8,10,19H,9H2,1-4H3. The number of fused-ring (bicyclic) bond motifs is 1. The number of hydrogen-bond acceptors (Lipinski definition) is 2. The monoisotopic (exact) mass is 296 g/mol. The molecule has 0 atom stereocenters. The lowest BCUT2D eigenvalue weighted by Crippen LogP contribution is -2.26. The lowest BCUT2D eigenvalue weighted by molar-refractivity contribution is 0.0785. The van der Waals surface area contributed by atoms with Gasteiger partial charge >= 0.3 is 0 Å². The first-order valence-electron chi connectivity index (χ1n) is 7.27. The summed E-state index contributed by atoms with van der Waals surface area (Å²) in [6.45, 7) is 4.67. The van der Waals surface area contributed by atoms with Gasteiger partial charge in [0.25, 0.3) is 5.91 Å². The first kappa shape index (κ1) is 14.4. The first-order chi connectivity index (χ1) is 10.5. The Morgan fingerprint density at radius 3 is 2.82 bits per heavy atom. The van der Waals surface area contributed by atoms with Crippen LogP contribution in [0, 0.1) is 13.8 Å². The molecule has 3 rings (SSSR count). The average Bonchev–Trinajstić information content (AvgIpc) is 3.02. The third-order valence-electron chi connectivity index (χ3n) is 4.08. The lowest BCUT2D eigenvalue weighted by atomic mass is 10.1. The number of rotatable bonds is 3. The molecule has 1 amide bonds. The minimum Gasteiger partial charge on any atom is -0.358 e. The summed E-state index contributed by atoms with van der Waals surface area (Å²) in [6.07, 6.45) is 3.71. The molecule has 0 aliphatic rings. The van der Waals surface area contributed by atoms with Gasteiger partial charge in [0.1, 0.15) is 0 Å². The molecule has 0 fully saturated rings. The minimum absolute atomic E-state index is 0.0176. The number of aryl methyl sites for hydroxylation is 3. The van der Waals surface area contributed by atoms with Gasteiger partial charge in [-0.2, -0.15) is 5.10 Å². The fourth-order valence-corrected chi connectivity index (χ4v) is 2.71. The zero-order valence-corrected chi connectivity index (χ0v) is 13.3. The number of nitrogens with one attached hydrogen (secondary N) is 1. The highest BCUT2D eigenvalue weighted by Crippen LogP contribution is 2.23. The van der Waals surface area contributed by atoms with E-state index in [1.807, 2.05) is 45.4 Å². The Labute approximate surface area is 129 Å². The number of nitrogens with zero attached hydrogens (tertiary/aromatic N) is 3. The summed E-state index contributed by atoms with van der Waals surface area (Å²) in [5.41, 5.74) is 5.14. The summed E-state index contributed by atoms with van der Waals surface area (Å²) in [5.74, 6) is 0.0176. The minimum atomic E-state index is 0.0176. The van der Waals surface area contributed by atoms with E-state index in [4.69, 9.17) is 0 Å². The first-order valence-corrected chi connectivity index (χ1v) is 7.27. The largest absolute Gasteiger partial charge is 0.358 e. The molecule has 0 aliphatic heterocycles. The molecule has 0 spiro atoms. The molecule has 5 heteroatoms. The van der Waals surface area contributed by atoms with E-state index in [2.05, 4.69) is 17.0 Å². The van der Waals surface area contributed by atoms with Crippen molar-refractivity contribution in [1.82, 2.24) is 19.7 Å². The van der Waals surface area contributed by atoms with Gasteiger partial charge in [0.05, 0.1) is 6.20 Å². The number of carbonyl (C=O) groups excluding carboxylic acids is 1. The maximum absolute atomic E-state index is 12.6. The van der Waals surface area contributed by atoms with E-state index in [1.165, 1.54) is 5.56 Å². The van der Waals surface area contributed by atoms with Crippen LogP contribution in [0.15, 0.2) is 30.6 Å². The maximum Gasteiger partial charge on any atom is 0.253 e. The third kappa shape index (κ3) is 2.50. The number of aromatic nitrogens is 3. The maximum atomic E-state index is 12.6. The van der Waals surface area contributed by atoms with Gasteiger partial charge in [0.2, 0.25) is 0 Å². The van der Waals surface area contributed by atoms with Gasteiger partial charge in [-0.15, -0.1) is 0 Å². The molecular weight excluding hydrogens is 276 g/mol. The number of hydrogen-bond donors (Lipinski definition) is 1. The van der Waals surface area contributed by atoms with Crippen LogP contribution in [0.5, 0.6) is 0 Å². The van der Waals surface area contributed by atoms with Crippen molar-refractivity contribution in [3.8, 4) is 0 Å². The van der Waals surface area contributed by atoms with Crippen molar-refractivity contribution in [3.63, 3.8) is 0 Å². The van der Waals surface area contributed by atoms with Crippen molar-refractivity contribution < 1.29 is 4.79 Å². The lowest BCUT2D eigenvalue weighted by Gasteiger charge is -2.16. The van der Waals surface area contributed by atoms with Crippen LogP contribution in [0.25, 0.3) is 10.9 Å². The number of benzene rings is 1. The van der Waals surface area contributed by atoms with Crippen molar-refractivity contribution in [2.45, 2.75) is 20.4 Å². The van der Waals surface area contributed by atoms with Crippen LogP contribution in [0.3, 0.4) is 0 Å². The van der Waals surface area contributed by atoms with Crippen molar-refractivity contribution in [3.05, 3.63) is 53.0 Å². The molecule has 0 unspecified atom stereocenters. The smallest absolute Gasteiger partial charge is 0.253 e. The molecule has 1 aromatic carbocycles. The van der Waals surface area contributed by atoms with Gasteiger partial charge in [0, 0.05) is 54.6 Å². The quantitative estimate of drug-likeness (QED) is 0.808. The molecular formula is C17H20N4O. The molecule has 2 aromatic heterocycles. The molecule has 0 aliphatic carbocycles. The van der Waals surface area contributed by atoms with E-state index in [9.17, 15) is 4.79 Å². The molecule has 3 aromatic rings. The van der Waals surface area contributed by atoms with Crippen LogP contribution in [0.4, 0.5) is 0 Å². The predicted octanol–water partition coefficient (Wildman–Crippen LogP) is 2.79. The van der Waals surface area contributed by atoms with Crippen molar-refractivity contribution in [2.24, 2.45) is 7.05 Å². The fourth-order valence-electron chi connectivity index (χ4n) is 2.71. The summed E-state index contributed by atoms with van der Waals surface area (Å²) in [4.78, 5) is 17.7. The number of carbonyl (C=O) groups is 1. The predicted molar refractivity (Wildman–Crippen MR) is 86.8 cm³/mol. The van der Waals surface area contributed by atoms with Crippen LogP contribution < -0.4 is 0 Å². The summed E-state index contributed by atoms with van der Waals surface area (Å²) < 4.78 is 1.74. The van der Waals surface area contributed by atoms with Crippen LogP contribution in [0.1, 0.15) is 27.2 Å². The molecule has 114 valence electrons. The summed E-state index contributed by atoms with van der Waals surface area (Å²) in [5, 5.41) is 5.24. The number of aromatic amines is 1. The summed E-state index contributed by atoms with van der Waals surface area (Å²) >= 11 is 0. The van der Waals surface area contributed by atoms with Crippen LogP contribution >= 0.6 is 0 Å². The topological polar surface area (TPSA) is 53.9 Å². The molecule has 22 heavy (non-hydrogen) atoms. The highest BCUT2D eigenvalue weighted by atomic mass is 16.2. The number of H-pyrrole nitrogens is 1. The molecule has 0 saturated heterocycles. The molecule has 5 nitrogen and oxygen atoms in total. The Morgan fingerprint density at radius 1 is 1.36 bits per heavy atom. The van der Waals surface area contributed by atoms with Gasteiger partial charge in [-0.1, -0.05) is 0 Å². The van der Waals surface area contributed by atoms with Gasteiger partial charge < -0.3 is 9.88 Å². The second-order valence-corrected chi connectivity index (χ2v) is 5.82. The molecule has 1 N–H and O–H groups in total. The average molecular weight is 296 g/mol. The molecule has 0 radical (unpaired) electrons. The van der Waals surface area contributed by atoms with E-state index in [0.717, 1.165) is 22.2 Å². The molecule has 2 heterocycles. The molecule has 0 saturated carbocycles. The van der Waals surface area contributed by atoms with Crippen molar-refractivity contribution >= 4 is 16.8 Å². The fraction of sp³-hybridized carbons (Fsp3) is 0.294. The van der Waals surface area contributed by atoms with E-state index < -0.39 is 0 Å². The van der Waals surface area contributed by atoms with E-state index >= 15 is 0 Å². The Balaban J connectivity index is 1.86. The normalized spacial score (nSPS) is 11.1. The summed E-state index contributed by atoms with van der Waals surface area (Å²) in [7, 11) is 3.69. The Bertz CT molecular complexity index is 844. The van der Waals surface area contributed by atoms with Crippen LogP contribution in [-0.4, -0.2) is 32.6 Å². The Morgan fingerprint density at radius 2 is 2.14 bits per heavy atom. The van der Waals surface area contributed by atoms with Gasteiger partial charge in [-0.25, -0.2) is 0 Å². The van der Waals surface area contributed by atoms with Gasteiger partial charge in [-0.3, -0.25) is 9.48 Å². The number of amides is 1. The van der Waals surface area contributed by atoms with E-state index in [1.54, 1.807) is 15.8 Å². The van der Waals surface area contributed by atoms with Gasteiger partial charge in [0.15, 0.2) is 0 Å². The van der Waals surface area contributed by atoms with E-state index in [-0.39, 0.29) is 5.91 Å². The highest BCUT2D eigenvalue weighted by molar-refractivity contribution is 5.98.